The molecule has 2 N–H and O–H groups in total. The minimum atomic E-state index is -0.862. The van der Waals surface area contributed by atoms with Gasteiger partial charge in [0.25, 0.3) is 0 Å². The Kier molecular flexibility index (Phi) is 4.69. The minimum absolute atomic E-state index is 0.0800. The van der Waals surface area contributed by atoms with Crippen LogP contribution in [0, 0.1) is 11.8 Å². The van der Waals surface area contributed by atoms with Gasteiger partial charge in [0.1, 0.15) is 0 Å². The first-order valence-electron chi connectivity index (χ1n) is 6.44. The molecule has 1 aliphatic heterocycles. The van der Waals surface area contributed by atoms with Crippen LogP contribution in [0.15, 0.2) is 12.2 Å². The number of thioether (sulfide) groups is 1. The number of nitrogens with one attached hydrogen (secondary N) is 1. The number of allylic oxidation sites excluding steroid dienone is 2. The van der Waals surface area contributed by atoms with Crippen LogP contribution >= 0.6 is 11.8 Å². The van der Waals surface area contributed by atoms with Gasteiger partial charge in [-0.1, -0.05) is 12.2 Å². The smallest absolute Gasteiger partial charge is 0.307 e. The van der Waals surface area contributed by atoms with Gasteiger partial charge in [0.2, 0.25) is 5.91 Å². The van der Waals surface area contributed by atoms with Gasteiger partial charge in [-0.3, -0.25) is 9.59 Å². The van der Waals surface area contributed by atoms with Crippen molar-refractivity contribution in [3.8, 4) is 0 Å². The summed E-state index contributed by atoms with van der Waals surface area (Å²) in [6, 6.07) is 0.235. The van der Waals surface area contributed by atoms with Crippen molar-refractivity contribution in [1.29, 1.82) is 0 Å². The van der Waals surface area contributed by atoms with E-state index in [0.29, 0.717) is 12.8 Å². The fourth-order valence-electron chi connectivity index (χ4n) is 2.53. The maximum atomic E-state index is 12.2. The van der Waals surface area contributed by atoms with Gasteiger partial charge in [-0.05, 0) is 37.2 Å². The Morgan fingerprint density at radius 1 is 1.11 bits per heavy atom. The van der Waals surface area contributed by atoms with Gasteiger partial charge in [0, 0.05) is 6.04 Å². The molecule has 2 rings (SSSR count). The molecule has 0 aromatic rings. The van der Waals surface area contributed by atoms with Gasteiger partial charge >= 0.3 is 5.97 Å². The fraction of sp³-hybridized carbons (Fsp3) is 0.692. The van der Waals surface area contributed by atoms with E-state index in [9.17, 15) is 9.59 Å². The van der Waals surface area contributed by atoms with E-state index in [0.717, 1.165) is 24.3 Å². The number of aliphatic carboxylic acids is 1. The summed E-state index contributed by atoms with van der Waals surface area (Å²) >= 11 is 1.91. The molecule has 1 saturated heterocycles. The summed E-state index contributed by atoms with van der Waals surface area (Å²) < 4.78 is 0. The topological polar surface area (TPSA) is 66.4 Å². The molecule has 0 saturated carbocycles. The van der Waals surface area contributed by atoms with Gasteiger partial charge in [0.15, 0.2) is 0 Å². The average molecular weight is 269 g/mol. The molecule has 4 nitrogen and oxygen atoms in total. The highest BCUT2D eigenvalue weighted by molar-refractivity contribution is 7.99. The zero-order chi connectivity index (χ0) is 13.0. The fourth-order valence-corrected chi connectivity index (χ4v) is 3.63. The van der Waals surface area contributed by atoms with Crippen molar-refractivity contribution < 1.29 is 14.7 Å². The Hall–Kier alpha value is -0.970. The normalized spacial score (nSPS) is 28.9. The third-order valence-corrected chi connectivity index (χ3v) is 4.70. The molecule has 1 fully saturated rings. The Balaban J connectivity index is 1.93. The number of hydrogen-bond acceptors (Lipinski definition) is 3. The van der Waals surface area contributed by atoms with Crippen molar-refractivity contribution in [1.82, 2.24) is 5.32 Å². The summed E-state index contributed by atoms with van der Waals surface area (Å²) in [4.78, 5) is 23.3. The predicted octanol–water partition coefficient (Wildman–Crippen LogP) is 1.67. The first kappa shape index (κ1) is 13.5. The standard InChI is InChI=1S/C13H19NO3S/c15-12(14-9-5-7-18-8-6-9)10-3-1-2-4-11(10)13(16)17/h1-2,9-11H,3-8H2,(H,14,15)(H,16,17)/t10-,11+/m1/s1. The second-order valence-electron chi connectivity index (χ2n) is 4.89. The zero-order valence-electron chi connectivity index (χ0n) is 10.3. The van der Waals surface area contributed by atoms with Crippen LogP contribution in [-0.2, 0) is 9.59 Å². The van der Waals surface area contributed by atoms with Crippen LogP contribution in [0.4, 0.5) is 0 Å². The molecule has 0 bridgehead atoms. The Morgan fingerprint density at radius 2 is 1.72 bits per heavy atom. The van der Waals surface area contributed by atoms with Gasteiger partial charge < -0.3 is 10.4 Å². The minimum Gasteiger partial charge on any atom is -0.481 e. The van der Waals surface area contributed by atoms with Crippen LogP contribution in [0.25, 0.3) is 0 Å². The number of carboxylic acid groups (broad SMARTS) is 1. The second kappa shape index (κ2) is 6.27. The van der Waals surface area contributed by atoms with Crippen LogP contribution in [0.3, 0.4) is 0 Å². The van der Waals surface area contributed by atoms with E-state index >= 15 is 0 Å². The molecular weight excluding hydrogens is 250 g/mol. The molecule has 1 aliphatic carbocycles. The maximum absolute atomic E-state index is 12.2. The van der Waals surface area contributed by atoms with Crippen LogP contribution in [-0.4, -0.2) is 34.5 Å². The van der Waals surface area contributed by atoms with E-state index in [1.165, 1.54) is 0 Å². The van der Waals surface area contributed by atoms with Gasteiger partial charge in [-0.2, -0.15) is 11.8 Å². The molecule has 0 aromatic heterocycles. The summed E-state index contributed by atoms with van der Waals surface area (Å²) in [5.74, 6) is 0.257. The summed E-state index contributed by atoms with van der Waals surface area (Å²) in [5.41, 5.74) is 0. The van der Waals surface area contributed by atoms with Crippen LogP contribution in [0.5, 0.6) is 0 Å². The number of carbonyl (C=O) groups is 2. The lowest BCUT2D eigenvalue weighted by Crippen LogP contribution is -2.44. The van der Waals surface area contributed by atoms with E-state index in [-0.39, 0.29) is 11.9 Å². The molecule has 0 spiro atoms. The van der Waals surface area contributed by atoms with E-state index in [2.05, 4.69) is 5.32 Å². The quantitative estimate of drug-likeness (QED) is 0.765. The Bertz CT molecular complexity index is 350. The monoisotopic (exact) mass is 269 g/mol. The zero-order valence-corrected chi connectivity index (χ0v) is 11.1. The predicted molar refractivity (Wildman–Crippen MR) is 71.5 cm³/mol. The average Bonchev–Trinajstić information content (AvgIpc) is 2.40. The number of carboxylic acids is 1. The molecule has 1 amide bonds. The van der Waals surface area contributed by atoms with E-state index < -0.39 is 17.8 Å². The molecule has 0 unspecified atom stereocenters. The highest BCUT2D eigenvalue weighted by Gasteiger charge is 2.34. The van der Waals surface area contributed by atoms with E-state index in [4.69, 9.17) is 5.11 Å². The lowest BCUT2D eigenvalue weighted by Gasteiger charge is -2.28. The van der Waals surface area contributed by atoms with Crippen molar-refractivity contribution >= 4 is 23.6 Å². The molecular formula is C13H19NO3S. The van der Waals surface area contributed by atoms with Crippen LogP contribution in [0.2, 0.25) is 0 Å². The van der Waals surface area contributed by atoms with Gasteiger partial charge in [-0.15, -0.1) is 0 Å². The lowest BCUT2D eigenvalue weighted by molar-refractivity contribution is -0.147. The summed E-state index contributed by atoms with van der Waals surface area (Å²) in [6.45, 7) is 0. The number of rotatable bonds is 3. The summed E-state index contributed by atoms with van der Waals surface area (Å²) in [5, 5.41) is 12.2. The molecule has 2 aliphatic rings. The van der Waals surface area contributed by atoms with Crippen molar-refractivity contribution in [2.24, 2.45) is 11.8 Å². The third-order valence-electron chi connectivity index (χ3n) is 3.65. The first-order valence-corrected chi connectivity index (χ1v) is 7.60. The molecule has 5 heteroatoms. The van der Waals surface area contributed by atoms with Crippen molar-refractivity contribution in [2.45, 2.75) is 31.7 Å². The third kappa shape index (κ3) is 3.28. The molecule has 0 radical (unpaired) electrons. The van der Waals surface area contributed by atoms with Gasteiger partial charge in [0.05, 0.1) is 11.8 Å². The summed E-state index contributed by atoms with van der Waals surface area (Å²) in [6.07, 6.45) is 6.78. The molecule has 0 aromatic carbocycles. The first-order chi connectivity index (χ1) is 8.68. The van der Waals surface area contributed by atoms with Crippen LogP contribution in [0.1, 0.15) is 25.7 Å². The van der Waals surface area contributed by atoms with Crippen LogP contribution < -0.4 is 5.32 Å². The highest BCUT2D eigenvalue weighted by atomic mass is 32.2. The van der Waals surface area contributed by atoms with Gasteiger partial charge in [-0.25, -0.2) is 0 Å². The molecule has 2 atom stereocenters. The number of hydrogen-bond donors (Lipinski definition) is 2. The SMILES string of the molecule is O=C(O)[C@H]1CC=CC[C@H]1C(=O)NC1CCSCC1. The Morgan fingerprint density at radius 3 is 2.33 bits per heavy atom. The number of carbonyl (C=O) groups excluding carboxylic acids is 1. The lowest BCUT2D eigenvalue weighted by atomic mass is 9.82. The molecule has 18 heavy (non-hydrogen) atoms. The molecule has 100 valence electrons. The Labute approximate surface area is 111 Å². The molecule has 1 heterocycles. The van der Waals surface area contributed by atoms with E-state index in [1.807, 2.05) is 23.9 Å². The highest BCUT2D eigenvalue weighted by Crippen LogP contribution is 2.27. The van der Waals surface area contributed by atoms with Crippen molar-refractivity contribution in [3.05, 3.63) is 12.2 Å². The largest absolute Gasteiger partial charge is 0.481 e. The summed E-state index contributed by atoms with van der Waals surface area (Å²) in [7, 11) is 0. The van der Waals surface area contributed by atoms with E-state index in [1.54, 1.807) is 0 Å². The number of amides is 1. The van der Waals surface area contributed by atoms with Crippen molar-refractivity contribution in [2.75, 3.05) is 11.5 Å². The van der Waals surface area contributed by atoms with Crippen molar-refractivity contribution in [3.63, 3.8) is 0 Å². The second-order valence-corrected chi connectivity index (χ2v) is 6.11. The maximum Gasteiger partial charge on any atom is 0.307 e.